The highest BCUT2D eigenvalue weighted by Gasteiger charge is 2.17. The predicted molar refractivity (Wildman–Crippen MR) is 98.2 cm³/mol. The van der Waals surface area contributed by atoms with Crippen LogP contribution >= 0.6 is 11.3 Å². The highest BCUT2D eigenvalue weighted by molar-refractivity contribution is 7.11. The lowest BCUT2D eigenvalue weighted by Crippen LogP contribution is -2.47. The van der Waals surface area contributed by atoms with Gasteiger partial charge in [0, 0.05) is 21.9 Å². The number of amides is 2. The third-order valence-electron chi connectivity index (χ3n) is 3.53. The molecule has 1 aromatic heterocycles. The molecule has 0 saturated heterocycles. The van der Waals surface area contributed by atoms with Gasteiger partial charge in [0.25, 0.3) is 0 Å². The number of nitrogens with one attached hydrogen (secondary N) is 2. The van der Waals surface area contributed by atoms with Crippen molar-refractivity contribution in [2.24, 2.45) is 5.73 Å². The van der Waals surface area contributed by atoms with E-state index in [0.717, 1.165) is 12.0 Å². The summed E-state index contributed by atoms with van der Waals surface area (Å²) in [7, 11) is 0. The van der Waals surface area contributed by atoms with Crippen molar-refractivity contribution in [3.05, 3.63) is 51.7 Å². The average molecular weight is 345 g/mol. The largest absolute Gasteiger partial charge is 0.343 e. The van der Waals surface area contributed by atoms with E-state index in [9.17, 15) is 9.59 Å². The molecule has 0 radical (unpaired) electrons. The molecule has 4 N–H and O–H groups in total. The van der Waals surface area contributed by atoms with Crippen LogP contribution in [-0.2, 0) is 16.0 Å². The van der Waals surface area contributed by atoms with E-state index in [0.29, 0.717) is 5.69 Å². The molecular weight excluding hydrogens is 322 g/mol. The van der Waals surface area contributed by atoms with Gasteiger partial charge in [-0.05, 0) is 50.6 Å². The van der Waals surface area contributed by atoms with Crippen LogP contribution in [0.1, 0.15) is 29.2 Å². The molecule has 24 heavy (non-hydrogen) atoms. The Morgan fingerprint density at radius 2 is 1.92 bits per heavy atom. The number of nitrogens with two attached hydrogens (primary N) is 1. The first-order valence-electron chi connectivity index (χ1n) is 7.86. The molecule has 2 rings (SSSR count). The first kappa shape index (κ1) is 18.2. The molecule has 6 heteroatoms. The molecule has 0 aliphatic carbocycles. The van der Waals surface area contributed by atoms with Crippen LogP contribution in [0.4, 0.5) is 5.69 Å². The van der Waals surface area contributed by atoms with E-state index in [1.807, 2.05) is 24.3 Å². The smallest absolute Gasteiger partial charge is 0.246 e. The molecule has 2 amide bonds. The topological polar surface area (TPSA) is 84.2 Å². The fourth-order valence-corrected chi connectivity index (χ4v) is 3.13. The zero-order chi connectivity index (χ0) is 17.7. The lowest BCUT2D eigenvalue weighted by Gasteiger charge is -2.16. The summed E-state index contributed by atoms with van der Waals surface area (Å²) in [5.41, 5.74) is 7.33. The highest BCUT2D eigenvalue weighted by Crippen LogP contribution is 2.20. The van der Waals surface area contributed by atoms with Gasteiger partial charge in [0.05, 0.1) is 6.04 Å². The van der Waals surface area contributed by atoms with Crippen LogP contribution in [0, 0.1) is 6.92 Å². The monoisotopic (exact) mass is 345 g/mol. The number of anilines is 1. The van der Waals surface area contributed by atoms with Crippen molar-refractivity contribution in [3.63, 3.8) is 0 Å². The molecule has 2 atom stereocenters. The lowest BCUT2D eigenvalue weighted by atomic mass is 10.1. The van der Waals surface area contributed by atoms with Crippen molar-refractivity contribution < 1.29 is 9.59 Å². The van der Waals surface area contributed by atoms with Gasteiger partial charge in [-0.1, -0.05) is 12.1 Å². The second-order valence-electron chi connectivity index (χ2n) is 5.90. The van der Waals surface area contributed by atoms with Crippen LogP contribution in [-0.4, -0.2) is 23.9 Å². The summed E-state index contributed by atoms with van der Waals surface area (Å²) >= 11 is 1.77. The van der Waals surface area contributed by atoms with Gasteiger partial charge in [-0.2, -0.15) is 0 Å². The van der Waals surface area contributed by atoms with E-state index in [1.165, 1.54) is 9.75 Å². The van der Waals surface area contributed by atoms with Crippen LogP contribution < -0.4 is 16.4 Å². The Balaban J connectivity index is 1.98. The number of hydrogen-bond donors (Lipinski definition) is 3. The first-order valence-corrected chi connectivity index (χ1v) is 8.68. The molecule has 0 unspecified atom stereocenters. The minimum atomic E-state index is -0.646. The van der Waals surface area contributed by atoms with Crippen molar-refractivity contribution in [1.82, 2.24) is 5.32 Å². The average Bonchev–Trinajstić information content (AvgIpc) is 2.92. The number of aryl methyl sites for hydroxylation is 1. The summed E-state index contributed by atoms with van der Waals surface area (Å²) in [6.45, 7) is 5.30. The quantitative estimate of drug-likeness (QED) is 0.752. The zero-order valence-corrected chi connectivity index (χ0v) is 14.9. The maximum atomic E-state index is 12.2. The summed E-state index contributed by atoms with van der Waals surface area (Å²) in [6.07, 6.45) is 0.833. The SMILES string of the molecule is Cc1ccc(Cc2cccc(NC(=O)[C@H](C)NC(=O)[C@H](C)N)c2)s1. The van der Waals surface area contributed by atoms with E-state index in [-0.39, 0.29) is 11.8 Å². The van der Waals surface area contributed by atoms with Gasteiger partial charge in [-0.15, -0.1) is 11.3 Å². The third-order valence-corrected chi connectivity index (χ3v) is 4.54. The second-order valence-corrected chi connectivity index (χ2v) is 7.27. The molecule has 1 aromatic carbocycles. The molecule has 0 aliphatic heterocycles. The first-order chi connectivity index (χ1) is 11.3. The Labute approximate surface area is 146 Å². The van der Waals surface area contributed by atoms with Gasteiger partial charge >= 0.3 is 0 Å². The molecule has 0 bridgehead atoms. The van der Waals surface area contributed by atoms with E-state index in [1.54, 1.807) is 25.2 Å². The minimum absolute atomic E-state index is 0.270. The Kier molecular flexibility index (Phi) is 6.11. The summed E-state index contributed by atoms with van der Waals surface area (Å²) < 4.78 is 0. The summed E-state index contributed by atoms with van der Waals surface area (Å²) in [6, 6.07) is 10.7. The predicted octanol–water partition coefficient (Wildman–Crippen LogP) is 2.44. The van der Waals surface area contributed by atoms with E-state index in [2.05, 4.69) is 29.7 Å². The fraction of sp³-hybridized carbons (Fsp3) is 0.333. The van der Waals surface area contributed by atoms with Gasteiger partial charge in [-0.25, -0.2) is 0 Å². The molecular formula is C18H23N3O2S. The molecule has 128 valence electrons. The van der Waals surface area contributed by atoms with Gasteiger partial charge in [-0.3, -0.25) is 9.59 Å². The maximum absolute atomic E-state index is 12.2. The van der Waals surface area contributed by atoms with Gasteiger partial charge in [0.1, 0.15) is 6.04 Å². The lowest BCUT2D eigenvalue weighted by molar-refractivity contribution is -0.126. The van der Waals surface area contributed by atoms with Crippen molar-refractivity contribution in [2.75, 3.05) is 5.32 Å². The Morgan fingerprint density at radius 1 is 1.17 bits per heavy atom. The Morgan fingerprint density at radius 3 is 2.54 bits per heavy atom. The number of hydrogen-bond acceptors (Lipinski definition) is 4. The van der Waals surface area contributed by atoms with E-state index < -0.39 is 12.1 Å². The molecule has 0 saturated carbocycles. The molecule has 1 heterocycles. The van der Waals surface area contributed by atoms with Gasteiger partial charge in [0.2, 0.25) is 11.8 Å². The van der Waals surface area contributed by atoms with Crippen LogP contribution in [0.25, 0.3) is 0 Å². The third kappa shape index (κ3) is 5.18. The number of carbonyl (C=O) groups excluding carboxylic acids is 2. The molecule has 0 fully saturated rings. The number of rotatable bonds is 6. The molecule has 0 aliphatic rings. The Hall–Kier alpha value is -2.18. The standard InChI is InChI=1S/C18H23N3O2S/c1-11-7-8-16(24-11)10-14-5-4-6-15(9-14)21-18(23)13(3)20-17(22)12(2)19/h4-9,12-13H,10,19H2,1-3H3,(H,20,22)(H,21,23)/t12-,13-/m0/s1. The molecule has 2 aromatic rings. The highest BCUT2D eigenvalue weighted by atomic mass is 32.1. The molecule has 5 nitrogen and oxygen atoms in total. The summed E-state index contributed by atoms with van der Waals surface area (Å²) in [5, 5.41) is 5.41. The normalized spacial score (nSPS) is 13.2. The summed E-state index contributed by atoms with van der Waals surface area (Å²) in [5.74, 6) is -0.618. The van der Waals surface area contributed by atoms with E-state index >= 15 is 0 Å². The number of carbonyl (C=O) groups is 2. The van der Waals surface area contributed by atoms with Crippen LogP contribution in [0.3, 0.4) is 0 Å². The fourth-order valence-electron chi connectivity index (χ4n) is 2.20. The van der Waals surface area contributed by atoms with E-state index in [4.69, 9.17) is 5.73 Å². The summed E-state index contributed by atoms with van der Waals surface area (Å²) in [4.78, 5) is 26.3. The van der Waals surface area contributed by atoms with Crippen LogP contribution in [0.5, 0.6) is 0 Å². The number of thiophene rings is 1. The van der Waals surface area contributed by atoms with Gasteiger partial charge < -0.3 is 16.4 Å². The van der Waals surface area contributed by atoms with Crippen LogP contribution in [0.15, 0.2) is 36.4 Å². The van der Waals surface area contributed by atoms with Crippen molar-refractivity contribution in [2.45, 2.75) is 39.3 Å². The zero-order valence-electron chi connectivity index (χ0n) is 14.1. The van der Waals surface area contributed by atoms with Crippen molar-refractivity contribution in [3.8, 4) is 0 Å². The van der Waals surface area contributed by atoms with Crippen molar-refractivity contribution >= 4 is 28.8 Å². The Bertz CT molecular complexity index is 725. The minimum Gasteiger partial charge on any atom is -0.343 e. The molecule has 0 spiro atoms. The van der Waals surface area contributed by atoms with Crippen molar-refractivity contribution in [1.29, 1.82) is 0 Å². The van der Waals surface area contributed by atoms with Gasteiger partial charge in [0.15, 0.2) is 0 Å². The number of benzene rings is 1. The maximum Gasteiger partial charge on any atom is 0.246 e. The second kappa shape index (κ2) is 8.08. The van der Waals surface area contributed by atoms with Crippen LogP contribution in [0.2, 0.25) is 0 Å².